The van der Waals surface area contributed by atoms with Crippen LogP contribution in [-0.4, -0.2) is 24.9 Å². The highest BCUT2D eigenvalue weighted by atomic mass is 35.5. The van der Waals surface area contributed by atoms with Crippen molar-refractivity contribution < 1.29 is 0 Å². The second-order valence-corrected chi connectivity index (χ2v) is 7.16. The lowest BCUT2D eigenvalue weighted by atomic mass is 9.87. The molecule has 1 aliphatic carbocycles. The van der Waals surface area contributed by atoms with Crippen LogP contribution in [0.4, 0.5) is 0 Å². The Balaban J connectivity index is 1.68. The summed E-state index contributed by atoms with van der Waals surface area (Å²) in [4.78, 5) is 12.6. The molecule has 0 atom stereocenters. The van der Waals surface area contributed by atoms with Crippen LogP contribution in [0.5, 0.6) is 0 Å². The number of nitrogens with zero attached hydrogens (tertiary/aromatic N) is 4. The number of rotatable bonds is 4. The summed E-state index contributed by atoms with van der Waals surface area (Å²) in [6.07, 6.45) is 7.52. The van der Waals surface area contributed by atoms with Crippen molar-refractivity contribution in [1.82, 2.24) is 19.2 Å². The molecule has 2 aromatic heterocycles. The molecule has 1 aliphatic rings. The normalized spacial score (nSPS) is 15.0. The zero-order chi connectivity index (χ0) is 15.8. The molecule has 0 bridgehead atoms. The maximum Gasteiger partial charge on any atom is 0.300 e. The van der Waals surface area contributed by atoms with Gasteiger partial charge in [0, 0.05) is 28.9 Å². The fraction of sp³-hybridized carbons (Fsp3) is 0.312. The first-order chi connectivity index (χ1) is 11.2. The number of hydrogen-bond donors (Lipinski definition) is 0. The van der Waals surface area contributed by atoms with Crippen molar-refractivity contribution in [3.05, 3.63) is 52.0 Å². The van der Waals surface area contributed by atoms with Gasteiger partial charge in [-0.3, -0.25) is 13.8 Å². The Hall–Kier alpha value is -1.79. The van der Waals surface area contributed by atoms with E-state index in [2.05, 4.69) is 10.2 Å². The van der Waals surface area contributed by atoms with E-state index in [1.807, 2.05) is 18.3 Å². The van der Waals surface area contributed by atoms with E-state index in [1.54, 1.807) is 39.1 Å². The number of thioether (sulfide) groups is 1. The third-order valence-corrected chi connectivity index (χ3v) is 5.64. The molecule has 0 N–H and O–H groups in total. The van der Waals surface area contributed by atoms with Gasteiger partial charge >= 0.3 is 5.56 Å². The highest BCUT2D eigenvalue weighted by Gasteiger charge is 2.19. The first kappa shape index (κ1) is 14.8. The van der Waals surface area contributed by atoms with E-state index >= 15 is 0 Å². The summed E-state index contributed by atoms with van der Waals surface area (Å²) < 4.78 is 3.33. The molecular formula is C16H15ClN4OS. The van der Waals surface area contributed by atoms with Gasteiger partial charge < -0.3 is 0 Å². The van der Waals surface area contributed by atoms with Crippen molar-refractivity contribution >= 4 is 29.0 Å². The standard InChI is InChI=1S/C16H15ClN4OS/c17-12-4-6-13(7-5-12)20-8-9-21-14(15(20)22)18-19-16(21)23-10-11-2-1-3-11/h4-9,11H,1-3,10H2. The van der Waals surface area contributed by atoms with Crippen molar-refractivity contribution in [2.24, 2.45) is 5.92 Å². The molecule has 7 heteroatoms. The van der Waals surface area contributed by atoms with Crippen LogP contribution < -0.4 is 5.56 Å². The predicted octanol–water partition coefficient (Wildman–Crippen LogP) is 3.43. The van der Waals surface area contributed by atoms with Crippen molar-refractivity contribution in [2.45, 2.75) is 24.4 Å². The second-order valence-electron chi connectivity index (χ2n) is 5.73. The van der Waals surface area contributed by atoms with Crippen LogP contribution in [0.1, 0.15) is 19.3 Å². The van der Waals surface area contributed by atoms with Crippen molar-refractivity contribution in [3.63, 3.8) is 0 Å². The highest BCUT2D eigenvalue weighted by molar-refractivity contribution is 7.99. The van der Waals surface area contributed by atoms with Crippen LogP contribution in [0.2, 0.25) is 5.02 Å². The van der Waals surface area contributed by atoms with Crippen molar-refractivity contribution in [1.29, 1.82) is 0 Å². The molecule has 2 heterocycles. The largest absolute Gasteiger partial charge is 0.300 e. The first-order valence-corrected chi connectivity index (χ1v) is 8.94. The average molecular weight is 347 g/mol. The van der Waals surface area contributed by atoms with Gasteiger partial charge in [0.05, 0.1) is 0 Å². The highest BCUT2D eigenvalue weighted by Crippen LogP contribution is 2.31. The van der Waals surface area contributed by atoms with E-state index in [-0.39, 0.29) is 5.56 Å². The van der Waals surface area contributed by atoms with Gasteiger partial charge in [-0.05, 0) is 43.0 Å². The van der Waals surface area contributed by atoms with Crippen LogP contribution in [0.3, 0.4) is 0 Å². The second kappa shape index (κ2) is 6.02. The van der Waals surface area contributed by atoms with E-state index in [9.17, 15) is 4.79 Å². The molecule has 5 nitrogen and oxygen atoms in total. The van der Waals surface area contributed by atoms with Crippen LogP contribution in [0, 0.1) is 5.92 Å². The Kier molecular flexibility index (Phi) is 3.87. The maximum atomic E-state index is 12.6. The lowest BCUT2D eigenvalue weighted by molar-refractivity contribution is 0.353. The average Bonchev–Trinajstić information content (AvgIpc) is 2.92. The Bertz CT molecular complexity index is 899. The van der Waals surface area contributed by atoms with Crippen molar-refractivity contribution in [3.8, 4) is 5.69 Å². The molecule has 1 aromatic carbocycles. The predicted molar refractivity (Wildman–Crippen MR) is 91.7 cm³/mol. The molecule has 0 radical (unpaired) electrons. The monoisotopic (exact) mass is 346 g/mol. The Morgan fingerprint density at radius 2 is 1.96 bits per heavy atom. The summed E-state index contributed by atoms with van der Waals surface area (Å²) in [5.74, 6) is 1.82. The smallest absolute Gasteiger partial charge is 0.280 e. The van der Waals surface area contributed by atoms with Crippen LogP contribution in [0.25, 0.3) is 11.3 Å². The van der Waals surface area contributed by atoms with Gasteiger partial charge in [-0.25, -0.2) is 0 Å². The molecule has 0 amide bonds. The van der Waals surface area contributed by atoms with E-state index in [0.29, 0.717) is 10.7 Å². The van der Waals surface area contributed by atoms with E-state index in [0.717, 1.165) is 22.5 Å². The number of fused-ring (bicyclic) bond motifs is 1. The zero-order valence-corrected chi connectivity index (χ0v) is 13.9. The molecule has 3 aromatic rings. The Morgan fingerprint density at radius 1 is 1.17 bits per heavy atom. The molecule has 0 spiro atoms. The van der Waals surface area contributed by atoms with Crippen molar-refractivity contribution in [2.75, 3.05) is 5.75 Å². The molecule has 1 fully saturated rings. The van der Waals surface area contributed by atoms with E-state index in [1.165, 1.54) is 19.3 Å². The summed E-state index contributed by atoms with van der Waals surface area (Å²) in [7, 11) is 0. The SMILES string of the molecule is O=c1c2nnc(SCC3CCC3)n2ccn1-c1ccc(Cl)cc1. The molecule has 4 rings (SSSR count). The minimum Gasteiger partial charge on any atom is -0.280 e. The topological polar surface area (TPSA) is 52.2 Å². The maximum absolute atomic E-state index is 12.6. The van der Waals surface area contributed by atoms with Gasteiger partial charge in [0.2, 0.25) is 5.65 Å². The molecule has 1 saturated carbocycles. The summed E-state index contributed by atoms with van der Waals surface area (Å²) in [5, 5.41) is 9.68. The minimum atomic E-state index is -0.183. The van der Waals surface area contributed by atoms with Crippen LogP contribution >= 0.6 is 23.4 Å². The van der Waals surface area contributed by atoms with Gasteiger partial charge in [-0.15, -0.1) is 10.2 Å². The number of benzene rings is 1. The van der Waals surface area contributed by atoms with Crippen LogP contribution in [0.15, 0.2) is 46.6 Å². The Morgan fingerprint density at radius 3 is 2.65 bits per heavy atom. The molecular weight excluding hydrogens is 332 g/mol. The molecule has 23 heavy (non-hydrogen) atoms. The quantitative estimate of drug-likeness (QED) is 0.679. The first-order valence-electron chi connectivity index (χ1n) is 7.57. The van der Waals surface area contributed by atoms with Crippen LogP contribution in [-0.2, 0) is 0 Å². The number of aromatic nitrogens is 4. The zero-order valence-electron chi connectivity index (χ0n) is 12.4. The lowest BCUT2D eigenvalue weighted by Crippen LogP contribution is -2.20. The number of hydrogen-bond acceptors (Lipinski definition) is 4. The minimum absolute atomic E-state index is 0.183. The lowest BCUT2D eigenvalue weighted by Gasteiger charge is -2.24. The summed E-state index contributed by atoms with van der Waals surface area (Å²) in [5.41, 5.74) is 0.921. The fourth-order valence-corrected chi connectivity index (χ4v) is 3.85. The third kappa shape index (κ3) is 2.77. The fourth-order valence-electron chi connectivity index (χ4n) is 2.62. The molecule has 118 valence electrons. The molecule has 0 aliphatic heterocycles. The van der Waals surface area contributed by atoms with Gasteiger partial charge in [0.1, 0.15) is 0 Å². The summed E-state index contributed by atoms with van der Waals surface area (Å²) in [6.45, 7) is 0. The molecule has 0 saturated heterocycles. The van der Waals surface area contributed by atoms with Gasteiger partial charge in [0.25, 0.3) is 0 Å². The third-order valence-electron chi connectivity index (χ3n) is 4.22. The van der Waals surface area contributed by atoms with Gasteiger partial charge in [0.15, 0.2) is 5.16 Å². The van der Waals surface area contributed by atoms with E-state index in [4.69, 9.17) is 11.6 Å². The number of halogens is 1. The van der Waals surface area contributed by atoms with Gasteiger partial charge in [-0.1, -0.05) is 29.8 Å². The van der Waals surface area contributed by atoms with Gasteiger partial charge in [-0.2, -0.15) is 0 Å². The van der Waals surface area contributed by atoms with E-state index < -0.39 is 0 Å². The summed E-state index contributed by atoms with van der Waals surface area (Å²) >= 11 is 7.57. The summed E-state index contributed by atoms with van der Waals surface area (Å²) in [6, 6.07) is 7.14. The molecule has 0 unspecified atom stereocenters. The Labute approximate surface area is 142 Å².